The number of nitrogens with zero attached hydrogens (tertiary/aromatic N) is 2. The number of pyridine rings is 1. The predicted molar refractivity (Wildman–Crippen MR) is 88.8 cm³/mol. The van der Waals surface area contributed by atoms with Crippen LogP contribution in [0.4, 0.5) is 5.69 Å². The SMILES string of the molecule is C=C1c2ccc(C)cc2C(=O)N1c1cccc2cccnc12. The summed E-state index contributed by atoms with van der Waals surface area (Å²) in [5, 5.41) is 1.01. The second-order valence-corrected chi connectivity index (χ2v) is 5.49. The molecule has 0 fully saturated rings. The van der Waals surface area contributed by atoms with Gasteiger partial charge >= 0.3 is 0 Å². The summed E-state index contributed by atoms with van der Waals surface area (Å²) in [5.41, 5.74) is 4.96. The van der Waals surface area contributed by atoms with Crippen LogP contribution in [0.3, 0.4) is 0 Å². The zero-order valence-corrected chi connectivity index (χ0v) is 12.2. The molecule has 0 bridgehead atoms. The van der Waals surface area contributed by atoms with E-state index in [4.69, 9.17) is 0 Å². The van der Waals surface area contributed by atoms with Crippen molar-refractivity contribution in [3.63, 3.8) is 0 Å². The van der Waals surface area contributed by atoms with Gasteiger partial charge in [-0.05, 0) is 25.1 Å². The molecule has 106 valence electrons. The minimum absolute atomic E-state index is 0.0400. The number of carbonyl (C=O) groups is 1. The summed E-state index contributed by atoms with van der Waals surface area (Å²) in [6.45, 7) is 6.10. The number of hydrogen-bond donors (Lipinski definition) is 0. The molecule has 0 radical (unpaired) electrons. The number of hydrogen-bond acceptors (Lipinski definition) is 2. The standard InChI is InChI=1S/C19H14N2O/c1-12-8-9-15-13(2)21(19(22)16(15)11-12)17-7-3-5-14-6-4-10-20-18(14)17/h3-11H,2H2,1H3. The van der Waals surface area contributed by atoms with Crippen LogP contribution >= 0.6 is 0 Å². The van der Waals surface area contributed by atoms with E-state index in [0.29, 0.717) is 11.3 Å². The summed E-state index contributed by atoms with van der Waals surface area (Å²) >= 11 is 0. The number of rotatable bonds is 1. The van der Waals surface area contributed by atoms with E-state index in [0.717, 1.165) is 27.7 Å². The lowest BCUT2D eigenvalue weighted by atomic mass is 10.1. The Labute approximate surface area is 128 Å². The lowest BCUT2D eigenvalue weighted by molar-refractivity contribution is 0.101. The maximum absolute atomic E-state index is 12.8. The van der Waals surface area contributed by atoms with Crippen LogP contribution in [0.2, 0.25) is 0 Å². The van der Waals surface area contributed by atoms with E-state index >= 15 is 0 Å². The first-order valence-corrected chi connectivity index (χ1v) is 7.15. The topological polar surface area (TPSA) is 33.2 Å². The van der Waals surface area contributed by atoms with Gasteiger partial charge in [-0.3, -0.25) is 14.7 Å². The van der Waals surface area contributed by atoms with E-state index < -0.39 is 0 Å². The Morgan fingerprint density at radius 3 is 2.73 bits per heavy atom. The smallest absolute Gasteiger partial charge is 0.263 e. The summed E-state index contributed by atoms with van der Waals surface area (Å²) in [5.74, 6) is -0.0400. The fourth-order valence-corrected chi connectivity index (χ4v) is 2.97. The monoisotopic (exact) mass is 286 g/mol. The molecule has 2 aromatic carbocycles. The average molecular weight is 286 g/mol. The molecule has 0 unspecified atom stereocenters. The zero-order valence-electron chi connectivity index (χ0n) is 12.2. The normalized spacial score (nSPS) is 13.8. The molecular formula is C19H14N2O. The van der Waals surface area contributed by atoms with Crippen molar-refractivity contribution >= 4 is 28.2 Å². The van der Waals surface area contributed by atoms with Crippen molar-refractivity contribution in [1.82, 2.24) is 4.98 Å². The highest BCUT2D eigenvalue weighted by Gasteiger charge is 2.33. The minimum Gasteiger partial charge on any atom is -0.275 e. The number of amides is 1. The highest BCUT2D eigenvalue weighted by molar-refractivity contribution is 6.24. The summed E-state index contributed by atoms with van der Waals surface area (Å²) in [6.07, 6.45) is 1.74. The lowest BCUT2D eigenvalue weighted by Gasteiger charge is -2.18. The zero-order chi connectivity index (χ0) is 15.3. The lowest BCUT2D eigenvalue weighted by Crippen LogP contribution is -2.22. The fourth-order valence-electron chi connectivity index (χ4n) is 2.97. The molecule has 1 aliphatic heterocycles. The van der Waals surface area contributed by atoms with Gasteiger partial charge in [0.2, 0.25) is 0 Å². The summed E-state index contributed by atoms with van der Waals surface area (Å²) in [7, 11) is 0. The third-order valence-electron chi connectivity index (χ3n) is 4.04. The molecule has 2 heterocycles. The van der Waals surface area contributed by atoms with Gasteiger partial charge in [0.15, 0.2) is 0 Å². The molecule has 0 saturated heterocycles. The predicted octanol–water partition coefficient (Wildman–Crippen LogP) is 4.17. The van der Waals surface area contributed by atoms with Crippen molar-refractivity contribution < 1.29 is 4.79 Å². The van der Waals surface area contributed by atoms with Crippen molar-refractivity contribution in [2.45, 2.75) is 6.92 Å². The van der Waals surface area contributed by atoms with Gasteiger partial charge in [-0.1, -0.05) is 42.5 Å². The number of carbonyl (C=O) groups excluding carboxylic acids is 1. The fraction of sp³-hybridized carbons (Fsp3) is 0.0526. The van der Waals surface area contributed by atoms with Gasteiger partial charge < -0.3 is 0 Å². The van der Waals surface area contributed by atoms with Gasteiger partial charge in [0, 0.05) is 22.7 Å². The summed E-state index contributed by atoms with van der Waals surface area (Å²) in [6, 6.07) is 15.6. The van der Waals surface area contributed by atoms with Crippen LogP contribution < -0.4 is 4.90 Å². The molecule has 4 rings (SSSR count). The first-order chi connectivity index (χ1) is 10.7. The maximum atomic E-state index is 12.8. The van der Waals surface area contributed by atoms with Crippen LogP contribution in [0.25, 0.3) is 16.6 Å². The highest BCUT2D eigenvalue weighted by atomic mass is 16.2. The number of benzene rings is 2. The van der Waals surface area contributed by atoms with Crippen LogP contribution in [0, 0.1) is 6.92 Å². The van der Waals surface area contributed by atoms with Gasteiger partial charge in [0.25, 0.3) is 5.91 Å². The van der Waals surface area contributed by atoms with Crippen LogP contribution in [0.1, 0.15) is 21.5 Å². The number of aryl methyl sites for hydroxylation is 1. The van der Waals surface area contributed by atoms with Crippen molar-refractivity contribution in [1.29, 1.82) is 0 Å². The molecule has 1 amide bonds. The van der Waals surface area contributed by atoms with Crippen LogP contribution in [0.5, 0.6) is 0 Å². The first kappa shape index (κ1) is 12.8. The average Bonchev–Trinajstić information content (AvgIpc) is 2.78. The molecule has 0 saturated carbocycles. The van der Waals surface area contributed by atoms with Gasteiger partial charge in [-0.2, -0.15) is 0 Å². The first-order valence-electron chi connectivity index (χ1n) is 7.15. The number of fused-ring (bicyclic) bond motifs is 2. The Hall–Kier alpha value is -2.94. The number of para-hydroxylation sites is 1. The summed E-state index contributed by atoms with van der Waals surface area (Å²) < 4.78 is 0. The molecule has 0 spiro atoms. The van der Waals surface area contributed by atoms with Crippen molar-refractivity contribution in [3.05, 3.63) is 78.0 Å². The van der Waals surface area contributed by atoms with Crippen molar-refractivity contribution in [3.8, 4) is 0 Å². The molecule has 1 aromatic heterocycles. The van der Waals surface area contributed by atoms with Crippen LogP contribution in [-0.4, -0.2) is 10.9 Å². The van der Waals surface area contributed by atoms with Crippen LogP contribution in [-0.2, 0) is 0 Å². The quantitative estimate of drug-likeness (QED) is 0.672. The van der Waals surface area contributed by atoms with Gasteiger partial charge in [0.05, 0.1) is 16.9 Å². The second-order valence-electron chi connectivity index (χ2n) is 5.49. The molecule has 0 N–H and O–H groups in total. The molecule has 3 aromatic rings. The minimum atomic E-state index is -0.0400. The Morgan fingerprint density at radius 2 is 1.86 bits per heavy atom. The number of anilines is 1. The number of aromatic nitrogens is 1. The second kappa shape index (κ2) is 4.53. The van der Waals surface area contributed by atoms with Gasteiger partial charge in [0.1, 0.15) is 0 Å². The highest BCUT2D eigenvalue weighted by Crippen LogP contribution is 2.38. The third kappa shape index (κ3) is 1.69. The molecule has 3 heteroatoms. The molecule has 3 nitrogen and oxygen atoms in total. The van der Waals surface area contributed by atoms with E-state index in [9.17, 15) is 4.79 Å². The third-order valence-corrected chi connectivity index (χ3v) is 4.04. The molecule has 22 heavy (non-hydrogen) atoms. The Kier molecular flexibility index (Phi) is 2.63. The summed E-state index contributed by atoms with van der Waals surface area (Å²) in [4.78, 5) is 18.9. The van der Waals surface area contributed by atoms with E-state index in [1.54, 1.807) is 11.1 Å². The maximum Gasteiger partial charge on any atom is 0.263 e. The van der Waals surface area contributed by atoms with Crippen LogP contribution in [0.15, 0.2) is 61.3 Å². The molecule has 0 atom stereocenters. The van der Waals surface area contributed by atoms with Gasteiger partial charge in [-0.15, -0.1) is 0 Å². The van der Waals surface area contributed by atoms with E-state index in [1.807, 2.05) is 55.5 Å². The van der Waals surface area contributed by atoms with Crippen molar-refractivity contribution in [2.75, 3.05) is 4.90 Å². The Balaban J connectivity index is 1.94. The molecule has 0 aliphatic carbocycles. The Morgan fingerprint density at radius 1 is 1.05 bits per heavy atom. The van der Waals surface area contributed by atoms with Gasteiger partial charge in [-0.25, -0.2) is 0 Å². The Bertz CT molecular complexity index is 938. The van der Waals surface area contributed by atoms with E-state index in [2.05, 4.69) is 11.6 Å². The van der Waals surface area contributed by atoms with E-state index in [1.165, 1.54) is 0 Å². The van der Waals surface area contributed by atoms with E-state index in [-0.39, 0.29) is 5.91 Å². The molecular weight excluding hydrogens is 272 g/mol. The largest absolute Gasteiger partial charge is 0.275 e. The molecule has 1 aliphatic rings. The van der Waals surface area contributed by atoms with Crippen molar-refractivity contribution in [2.24, 2.45) is 0 Å².